The van der Waals surface area contributed by atoms with Crippen molar-refractivity contribution in [3.05, 3.63) is 23.7 Å². The van der Waals surface area contributed by atoms with Crippen LogP contribution < -0.4 is 5.32 Å². The Balaban J connectivity index is 2.42. The van der Waals surface area contributed by atoms with Crippen LogP contribution in [0, 0.1) is 0 Å². The Labute approximate surface area is 121 Å². The fourth-order valence-corrected chi connectivity index (χ4v) is 2.22. The number of nitrogens with one attached hydrogen (secondary N) is 1. The van der Waals surface area contributed by atoms with E-state index >= 15 is 0 Å². The molecule has 5 nitrogen and oxygen atoms in total. The Bertz CT molecular complexity index is 405. The van der Waals surface area contributed by atoms with Crippen LogP contribution in [0.3, 0.4) is 0 Å². The molecule has 0 aromatic carbocycles. The lowest BCUT2D eigenvalue weighted by molar-refractivity contribution is 0.0903. The number of ether oxygens (including phenoxy) is 1. The summed E-state index contributed by atoms with van der Waals surface area (Å²) < 4.78 is 10.3. The van der Waals surface area contributed by atoms with Crippen LogP contribution in [0.2, 0.25) is 0 Å². The standard InChI is InChI=1S/C15H26N2O3/c1-11(2)17(12(3)4)9-8-16-15(18)14-7-6-13(20-14)10-19-5/h6-7,11-12H,8-10H2,1-5H3,(H,16,18). The van der Waals surface area contributed by atoms with Crippen molar-refractivity contribution in [2.24, 2.45) is 0 Å². The van der Waals surface area contributed by atoms with Gasteiger partial charge in [-0.1, -0.05) is 0 Å². The molecule has 20 heavy (non-hydrogen) atoms. The molecule has 0 saturated carbocycles. The zero-order chi connectivity index (χ0) is 15.1. The number of hydrogen-bond acceptors (Lipinski definition) is 4. The summed E-state index contributed by atoms with van der Waals surface area (Å²) in [6.07, 6.45) is 0. The van der Waals surface area contributed by atoms with E-state index in [9.17, 15) is 4.79 Å². The third kappa shape index (κ3) is 4.98. The van der Waals surface area contributed by atoms with Crippen molar-refractivity contribution >= 4 is 5.91 Å². The van der Waals surface area contributed by atoms with E-state index < -0.39 is 0 Å². The maximum Gasteiger partial charge on any atom is 0.287 e. The molecule has 5 heteroatoms. The number of hydrogen-bond donors (Lipinski definition) is 1. The van der Waals surface area contributed by atoms with Crippen molar-refractivity contribution in [1.82, 2.24) is 10.2 Å². The molecule has 1 aromatic rings. The maximum atomic E-state index is 11.9. The molecule has 0 fully saturated rings. The number of methoxy groups -OCH3 is 1. The Hall–Kier alpha value is -1.33. The molecule has 0 atom stereocenters. The van der Waals surface area contributed by atoms with Gasteiger partial charge in [0.2, 0.25) is 0 Å². The second-order valence-electron chi connectivity index (χ2n) is 5.38. The van der Waals surface area contributed by atoms with Gasteiger partial charge in [-0.05, 0) is 39.8 Å². The van der Waals surface area contributed by atoms with Crippen LogP contribution in [0.1, 0.15) is 44.0 Å². The molecule has 114 valence electrons. The lowest BCUT2D eigenvalue weighted by atomic mass is 10.2. The molecule has 1 N–H and O–H groups in total. The van der Waals surface area contributed by atoms with E-state index in [0.717, 1.165) is 6.54 Å². The molecular weight excluding hydrogens is 256 g/mol. The molecule has 0 saturated heterocycles. The highest BCUT2D eigenvalue weighted by Gasteiger charge is 2.14. The van der Waals surface area contributed by atoms with E-state index in [4.69, 9.17) is 9.15 Å². The van der Waals surface area contributed by atoms with Gasteiger partial charge in [-0.15, -0.1) is 0 Å². The summed E-state index contributed by atoms with van der Waals surface area (Å²) >= 11 is 0. The molecule has 1 rings (SSSR count). The first-order valence-corrected chi connectivity index (χ1v) is 7.07. The van der Waals surface area contributed by atoms with E-state index in [-0.39, 0.29) is 5.91 Å². The summed E-state index contributed by atoms with van der Waals surface area (Å²) in [5.41, 5.74) is 0. The zero-order valence-electron chi connectivity index (χ0n) is 13.1. The summed E-state index contributed by atoms with van der Waals surface area (Å²) in [5.74, 6) is 0.807. The van der Waals surface area contributed by atoms with Crippen LogP contribution in [-0.4, -0.2) is 43.1 Å². The van der Waals surface area contributed by atoms with Gasteiger partial charge in [0.25, 0.3) is 5.91 Å². The minimum atomic E-state index is -0.181. The Morgan fingerprint density at radius 2 is 1.95 bits per heavy atom. The lowest BCUT2D eigenvalue weighted by Crippen LogP contribution is -2.42. The molecule has 0 bridgehead atoms. The van der Waals surface area contributed by atoms with Crippen LogP contribution >= 0.6 is 0 Å². The van der Waals surface area contributed by atoms with Gasteiger partial charge in [-0.3, -0.25) is 9.69 Å². The normalized spacial score (nSPS) is 11.6. The van der Waals surface area contributed by atoms with Crippen LogP contribution in [0.5, 0.6) is 0 Å². The largest absolute Gasteiger partial charge is 0.453 e. The molecule has 0 spiro atoms. The summed E-state index contributed by atoms with van der Waals surface area (Å²) in [6.45, 7) is 10.4. The average molecular weight is 282 g/mol. The van der Waals surface area contributed by atoms with E-state index in [1.807, 2.05) is 0 Å². The van der Waals surface area contributed by atoms with E-state index in [2.05, 4.69) is 37.9 Å². The number of furan rings is 1. The predicted molar refractivity (Wildman–Crippen MR) is 78.7 cm³/mol. The van der Waals surface area contributed by atoms with Crippen molar-refractivity contribution in [3.63, 3.8) is 0 Å². The van der Waals surface area contributed by atoms with E-state index in [1.165, 1.54) is 0 Å². The predicted octanol–water partition coefficient (Wildman–Crippen LogP) is 2.27. The Morgan fingerprint density at radius 1 is 1.30 bits per heavy atom. The van der Waals surface area contributed by atoms with E-state index in [0.29, 0.717) is 36.8 Å². The van der Waals surface area contributed by atoms with Crippen molar-refractivity contribution in [3.8, 4) is 0 Å². The van der Waals surface area contributed by atoms with E-state index in [1.54, 1.807) is 19.2 Å². The minimum Gasteiger partial charge on any atom is -0.453 e. The van der Waals surface area contributed by atoms with Gasteiger partial charge in [-0.2, -0.15) is 0 Å². The molecule has 0 aliphatic rings. The Morgan fingerprint density at radius 3 is 2.50 bits per heavy atom. The van der Waals surface area contributed by atoms with Gasteiger partial charge in [0, 0.05) is 32.3 Å². The highest BCUT2D eigenvalue weighted by atomic mass is 16.5. The first kappa shape index (κ1) is 16.7. The first-order valence-electron chi connectivity index (χ1n) is 7.07. The van der Waals surface area contributed by atoms with Crippen LogP contribution in [0.15, 0.2) is 16.5 Å². The maximum absolute atomic E-state index is 11.9. The molecule has 1 heterocycles. The first-order chi connectivity index (χ1) is 9.45. The van der Waals surface area contributed by atoms with Crippen molar-refractivity contribution in [2.45, 2.75) is 46.4 Å². The SMILES string of the molecule is COCc1ccc(C(=O)NCCN(C(C)C)C(C)C)o1. The van der Waals surface area contributed by atoms with Gasteiger partial charge in [-0.25, -0.2) is 0 Å². The number of amides is 1. The number of nitrogens with zero attached hydrogens (tertiary/aromatic N) is 1. The molecule has 0 radical (unpaired) electrons. The lowest BCUT2D eigenvalue weighted by Gasteiger charge is -2.30. The molecule has 1 aromatic heterocycles. The molecule has 0 aliphatic carbocycles. The molecule has 1 amide bonds. The number of carbonyl (C=O) groups excluding carboxylic acids is 1. The average Bonchev–Trinajstić information content (AvgIpc) is 2.82. The van der Waals surface area contributed by atoms with Gasteiger partial charge in [0.05, 0.1) is 0 Å². The Kier molecular flexibility index (Phi) is 6.75. The summed E-state index contributed by atoms with van der Waals surface area (Å²) in [7, 11) is 1.59. The summed E-state index contributed by atoms with van der Waals surface area (Å²) in [4.78, 5) is 14.3. The van der Waals surface area contributed by atoms with Crippen molar-refractivity contribution < 1.29 is 13.9 Å². The third-order valence-electron chi connectivity index (χ3n) is 3.15. The zero-order valence-corrected chi connectivity index (χ0v) is 13.1. The summed E-state index contributed by atoms with van der Waals surface area (Å²) in [5, 5.41) is 2.88. The van der Waals surface area contributed by atoms with Gasteiger partial charge in [0.15, 0.2) is 5.76 Å². The fraction of sp³-hybridized carbons (Fsp3) is 0.667. The number of carbonyl (C=O) groups is 1. The monoisotopic (exact) mass is 282 g/mol. The van der Waals surface area contributed by atoms with Crippen molar-refractivity contribution in [1.29, 1.82) is 0 Å². The highest BCUT2D eigenvalue weighted by Crippen LogP contribution is 2.09. The van der Waals surface area contributed by atoms with Crippen LogP contribution in [0.25, 0.3) is 0 Å². The summed E-state index contributed by atoms with van der Waals surface area (Å²) in [6, 6.07) is 4.35. The third-order valence-corrected chi connectivity index (χ3v) is 3.15. The van der Waals surface area contributed by atoms with Crippen molar-refractivity contribution in [2.75, 3.05) is 20.2 Å². The number of rotatable bonds is 8. The second kappa shape index (κ2) is 8.07. The highest BCUT2D eigenvalue weighted by molar-refractivity contribution is 5.91. The van der Waals surface area contributed by atoms with Gasteiger partial charge < -0.3 is 14.5 Å². The van der Waals surface area contributed by atoms with Gasteiger partial charge in [0.1, 0.15) is 12.4 Å². The topological polar surface area (TPSA) is 54.7 Å². The molecular formula is C15H26N2O3. The van der Waals surface area contributed by atoms with Crippen LogP contribution in [0.4, 0.5) is 0 Å². The quantitative estimate of drug-likeness (QED) is 0.794. The fourth-order valence-electron chi connectivity index (χ4n) is 2.22. The second-order valence-corrected chi connectivity index (χ2v) is 5.38. The smallest absolute Gasteiger partial charge is 0.287 e. The molecule has 0 unspecified atom stereocenters. The van der Waals surface area contributed by atoms with Crippen LogP contribution in [-0.2, 0) is 11.3 Å². The minimum absolute atomic E-state index is 0.181. The molecule has 0 aliphatic heterocycles. The van der Waals surface area contributed by atoms with Gasteiger partial charge >= 0.3 is 0 Å².